The van der Waals surface area contributed by atoms with Gasteiger partial charge in [-0.25, -0.2) is 4.99 Å². The number of aliphatic imine (C=N–C) groups is 1. The molecular weight excluding hydrogens is 469 g/mol. The molecule has 28 heavy (non-hydrogen) atoms. The van der Waals surface area contributed by atoms with E-state index < -0.39 is 0 Å². The number of halogens is 1. The fraction of sp³-hybridized carbons (Fsp3) is 0.600. The Kier molecular flexibility index (Phi) is 10.6. The molecule has 1 amide bonds. The number of aromatic hydroxyl groups is 1. The second kappa shape index (κ2) is 12.1. The molecule has 8 heteroatoms. The van der Waals surface area contributed by atoms with Crippen molar-refractivity contribution in [3.63, 3.8) is 0 Å². The molecule has 0 aliphatic carbocycles. The molecule has 1 aliphatic heterocycles. The van der Waals surface area contributed by atoms with Crippen LogP contribution in [0.1, 0.15) is 36.5 Å². The third-order valence-electron chi connectivity index (χ3n) is 4.89. The van der Waals surface area contributed by atoms with Gasteiger partial charge in [0.25, 0.3) is 0 Å². The van der Waals surface area contributed by atoms with Gasteiger partial charge in [0, 0.05) is 32.7 Å². The molecule has 0 spiro atoms. The molecule has 0 saturated carbocycles. The number of hydrogen-bond acceptors (Lipinski definition) is 4. The van der Waals surface area contributed by atoms with E-state index in [1.54, 1.807) is 7.05 Å². The molecule has 1 saturated heterocycles. The third kappa shape index (κ3) is 7.46. The first-order chi connectivity index (χ1) is 12.9. The first-order valence-electron chi connectivity index (χ1n) is 9.69. The minimum atomic E-state index is 0. The minimum absolute atomic E-state index is 0. The van der Waals surface area contributed by atoms with Crippen molar-refractivity contribution in [2.24, 2.45) is 4.99 Å². The maximum atomic E-state index is 11.5. The van der Waals surface area contributed by atoms with Crippen molar-refractivity contribution in [1.29, 1.82) is 0 Å². The average molecular weight is 503 g/mol. The quantitative estimate of drug-likeness (QED) is 0.271. The number of phenolic OH excluding ortho intramolecular Hbond substituents is 1. The number of piperidine rings is 1. The number of benzene rings is 1. The molecule has 0 radical (unpaired) electrons. The lowest BCUT2D eigenvalue weighted by molar-refractivity contribution is -0.122. The molecule has 1 fully saturated rings. The van der Waals surface area contributed by atoms with Gasteiger partial charge in [0.2, 0.25) is 5.91 Å². The predicted molar refractivity (Wildman–Crippen MR) is 124 cm³/mol. The van der Waals surface area contributed by atoms with E-state index in [0.29, 0.717) is 24.9 Å². The van der Waals surface area contributed by atoms with Crippen LogP contribution in [0, 0.1) is 13.8 Å². The Morgan fingerprint density at radius 3 is 2.39 bits per heavy atom. The summed E-state index contributed by atoms with van der Waals surface area (Å²) >= 11 is 0. The molecule has 4 N–H and O–H groups in total. The van der Waals surface area contributed by atoms with Gasteiger partial charge in [-0.05, 0) is 50.3 Å². The molecule has 0 bridgehead atoms. The van der Waals surface area contributed by atoms with E-state index in [2.05, 4.69) is 27.8 Å². The van der Waals surface area contributed by atoms with Gasteiger partial charge in [-0.15, -0.1) is 24.0 Å². The van der Waals surface area contributed by atoms with Crippen LogP contribution in [0.5, 0.6) is 5.75 Å². The number of nitrogens with zero attached hydrogens (tertiary/aromatic N) is 2. The summed E-state index contributed by atoms with van der Waals surface area (Å²) in [5, 5.41) is 19.4. The number of rotatable bonds is 6. The maximum Gasteiger partial charge on any atom is 0.233 e. The lowest BCUT2D eigenvalue weighted by atomic mass is 10.1. The van der Waals surface area contributed by atoms with Crippen molar-refractivity contribution in [3.05, 3.63) is 28.8 Å². The van der Waals surface area contributed by atoms with Crippen LogP contribution in [0.15, 0.2) is 17.1 Å². The molecule has 0 atom stereocenters. The molecule has 1 aromatic carbocycles. The largest absolute Gasteiger partial charge is 0.507 e. The predicted octanol–water partition coefficient (Wildman–Crippen LogP) is 1.89. The highest BCUT2D eigenvalue weighted by molar-refractivity contribution is 14.0. The van der Waals surface area contributed by atoms with Crippen LogP contribution >= 0.6 is 24.0 Å². The van der Waals surface area contributed by atoms with Crippen LogP contribution in [0.25, 0.3) is 0 Å². The number of likely N-dealkylation sites (tertiary alicyclic amines) is 1. The molecule has 0 aromatic heterocycles. The topological polar surface area (TPSA) is 89.0 Å². The number of carbonyl (C=O) groups excluding carboxylic acids is 1. The molecule has 7 nitrogen and oxygen atoms in total. The summed E-state index contributed by atoms with van der Waals surface area (Å²) in [7, 11) is 1.67. The SMILES string of the molecule is CCNC(=NCc1cc(C)c(O)c(C)c1)NC1CCN(CC(=O)NC)CC1.I. The van der Waals surface area contributed by atoms with E-state index in [1.165, 1.54) is 0 Å². The zero-order valence-corrected chi connectivity index (χ0v) is 19.7. The molecule has 1 heterocycles. The fourth-order valence-corrected chi connectivity index (χ4v) is 3.34. The Hall–Kier alpha value is -1.55. The second-order valence-electron chi connectivity index (χ2n) is 7.14. The van der Waals surface area contributed by atoms with Gasteiger partial charge in [-0.2, -0.15) is 0 Å². The first kappa shape index (κ1) is 24.5. The minimum Gasteiger partial charge on any atom is -0.507 e. The average Bonchev–Trinajstić information content (AvgIpc) is 2.65. The van der Waals surface area contributed by atoms with Gasteiger partial charge in [-0.1, -0.05) is 12.1 Å². The highest BCUT2D eigenvalue weighted by Crippen LogP contribution is 2.23. The van der Waals surface area contributed by atoms with Gasteiger partial charge in [0.05, 0.1) is 13.1 Å². The van der Waals surface area contributed by atoms with E-state index in [1.807, 2.05) is 26.0 Å². The maximum absolute atomic E-state index is 11.5. The Labute approximate surface area is 185 Å². The first-order valence-corrected chi connectivity index (χ1v) is 9.69. The van der Waals surface area contributed by atoms with Gasteiger partial charge in [0.1, 0.15) is 5.75 Å². The standard InChI is InChI=1S/C20H33N5O2.HI/c1-5-22-20(23-12-16-10-14(2)19(27)15(3)11-16)24-17-6-8-25(9-7-17)13-18(26)21-4;/h10-11,17,27H,5-9,12-13H2,1-4H3,(H,21,26)(H2,22,23,24);1H. The van der Waals surface area contributed by atoms with Crippen LogP contribution in [0.3, 0.4) is 0 Å². The van der Waals surface area contributed by atoms with E-state index in [0.717, 1.165) is 55.1 Å². The Balaban J connectivity index is 0.00000392. The highest BCUT2D eigenvalue weighted by atomic mass is 127. The number of carbonyl (C=O) groups is 1. The van der Waals surface area contributed by atoms with Crippen LogP contribution in [0.4, 0.5) is 0 Å². The summed E-state index contributed by atoms with van der Waals surface area (Å²) in [5.41, 5.74) is 2.84. The lowest BCUT2D eigenvalue weighted by Gasteiger charge is -2.32. The van der Waals surface area contributed by atoms with E-state index in [9.17, 15) is 9.90 Å². The van der Waals surface area contributed by atoms with Crippen LogP contribution in [0.2, 0.25) is 0 Å². The summed E-state index contributed by atoms with van der Waals surface area (Å²) in [4.78, 5) is 18.4. The summed E-state index contributed by atoms with van der Waals surface area (Å²) in [6.07, 6.45) is 1.97. The summed E-state index contributed by atoms with van der Waals surface area (Å²) < 4.78 is 0. The fourth-order valence-electron chi connectivity index (χ4n) is 3.34. The van der Waals surface area contributed by atoms with E-state index >= 15 is 0 Å². The summed E-state index contributed by atoms with van der Waals surface area (Å²) in [6.45, 7) is 9.51. The summed E-state index contributed by atoms with van der Waals surface area (Å²) in [6, 6.07) is 4.31. The summed E-state index contributed by atoms with van der Waals surface area (Å²) in [5.74, 6) is 1.23. The molecule has 2 rings (SSSR count). The van der Waals surface area contributed by atoms with Crippen LogP contribution < -0.4 is 16.0 Å². The Morgan fingerprint density at radius 1 is 1.25 bits per heavy atom. The van der Waals surface area contributed by atoms with Crippen LogP contribution in [-0.4, -0.2) is 61.1 Å². The number of aryl methyl sites for hydroxylation is 2. The third-order valence-corrected chi connectivity index (χ3v) is 4.89. The number of amides is 1. The Morgan fingerprint density at radius 2 is 1.86 bits per heavy atom. The van der Waals surface area contributed by atoms with Gasteiger partial charge < -0.3 is 21.1 Å². The van der Waals surface area contributed by atoms with E-state index in [-0.39, 0.29) is 29.9 Å². The number of hydrogen-bond donors (Lipinski definition) is 4. The molecule has 1 aliphatic rings. The van der Waals surface area contributed by atoms with Crippen molar-refractivity contribution in [2.45, 2.75) is 46.2 Å². The molecular formula is C20H34IN5O2. The number of phenols is 1. The zero-order chi connectivity index (χ0) is 19.8. The van der Waals surface area contributed by atoms with Crippen molar-refractivity contribution >= 4 is 35.8 Å². The number of nitrogens with one attached hydrogen (secondary N) is 3. The van der Waals surface area contributed by atoms with Crippen molar-refractivity contribution < 1.29 is 9.90 Å². The zero-order valence-electron chi connectivity index (χ0n) is 17.3. The highest BCUT2D eigenvalue weighted by Gasteiger charge is 2.21. The molecule has 0 unspecified atom stereocenters. The monoisotopic (exact) mass is 503 g/mol. The van der Waals surface area contributed by atoms with Crippen LogP contribution in [-0.2, 0) is 11.3 Å². The molecule has 158 valence electrons. The lowest BCUT2D eigenvalue weighted by Crippen LogP contribution is -2.50. The Bertz CT molecular complexity index is 650. The van der Waals surface area contributed by atoms with Crippen molar-refractivity contribution in [2.75, 3.05) is 33.2 Å². The normalized spacial score (nSPS) is 15.6. The smallest absolute Gasteiger partial charge is 0.233 e. The molecule has 1 aromatic rings. The van der Waals surface area contributed by atoms with E-state index in [4.69, 9.17) is 4.99 Å². The van der Waals surface area contributed by atoms with Gasteiger partial charge in [0.15, 0.2) is 5.96 Å². The van der Waals surface area contributed by atoms with Crippen molar-refractivity contribution in [3.8, 4) is 5.75 Å². The van der Waals surface area contributed by atoms with Gasteiger partial charge >= 0.3 is 0 Å². The second-order valence-corrected chi connectivity index (χ2v) is 7.14. The van der Waals surface area contributed by atoms with Crippen molar-refractivity contribution in [1.82, 2.24) is 20.9 Å². The van der Waals surface area contributed by atoms with Gasteiger partial charge in [-0.3, -0.25) is 9.69 Å². The number of likely N-dealkylation sites (N-methyl/N-ethyl adjacent to an activating group) is 1. The number of guanidine groups is 1.